The summed E-state index contributed by atoms with van der Waals surface area (Å²) in [5.41, 5.74) is 3.10. The van der Waals surface area contributed by atoms with Crippen LogP contribution in [0.2, 0.25) is 0 Å². The molecule has 0 saturated carbocycles. The highest BCUT2D eigenvalue weighted by atomic mass is 16.7. The van der Waals surface area contributed by atoms with Gasteiger partial charge in [0, 0.05) is 32.0 Å². The largest absolute Gasteiger partial charge is 0.468 e. The molecule has 1 aliphatic heterocycles. The van der Waals surface area contributed by atoms with Gasteiger partial charge in [0.25, 0.3) is 0 Å². The first kappa shape index (κ1) is 19.1. The highest BCUT2D eigenvalue weighted by molar-refractivity contribution is 5.88. The molecule has 0 aliphatic carbocycles. The Morgan fingerprint density at radius 1 is 1.21 bits per heavy atom. The van der Waals surface area contributed by atoms with Gasteiger partial charge in [-0.2, -0.15) is 5.26 Å². The van der Waals surface area contributed by atoms with E-state index in [0.29, 0.717) is 30.3 Å². The van der Waals surface area contributed by atoms with Gasteiger partial charge < -0.3 is 19.1 Å². The maximum atomic E-state index is 9.03. The Hall–Kier alpha value is -3.28. The molecule has 1 fully saturated rings. The highest BCUT2D eigenvalue weighted by Crippen LogP contribution is 2.29. The summed E-state index contributed by atoms with van der Waals surface area (Å²) in [6.07, 6.45) is 2.01. The Labute approximate surface area is 168 Å². The topological polar surface area (TPSA) is 93.4 Å². The van der Waals surface area contributed by atoms with Crippen molar-refractivity contribution in [2.45, 2.75) is 6.42 Å². The second-order valence-corrected chi connectivity index (χ2v) is 6.60. The first-order valence-electron chi connectivity index (χ1n) is 9.37. The number of nitriles is 1. The van der Waals surface area contributed by atoms with Crippen molar-refractivity contribution in [1.29, 1.82) is 5.26 Å². The first-order valence-corrected chi connectivity index (χ1v) is 9.37. The Morgan fingerprint density at radius 3 is 2.86 bits per heavy atom. The van der Waals surface area contributed by atoms with E-state index < -0.39 is 0 Å². The number of rotatable bonds is 6. The van der Waals surface area contributed by atoms with Crippen LogP contribution in [-0.4, -0.2) is 55.2 Å². The Morgan fingerprint density at radius 2 is 2.07 bits per heavy atom. The fourth-order valence-corrected chi connectivity index (χ4v) is 3.21. The van der Waals surface area contributed by atoms with E-state index in [9.17, 15) is 0 Å². The summed E-state index contributed by atoms with van der Waals surface area (Å²) in [6.45, 7) is 2.94. The predicted molar refractivity (Wildman–Crippen MR) is 108 cm³/mol. The lowest BCUT2D eigenvalue weighted by Crippen LogP contribution is -2.37. The van der Waals surface area contributed by atoms with Gasteiger partial charge in [-0.1, -0.05) is 12.1 Å². The van der Waals surface area contributed by atoms with Crippen molar-refractivity contribution < 1.29 is 14.2 Å². The van der Waals surface area contributed by atoms with E-state index in [1.54, 1.807) is 13.3 Å². The first-order chi connectivity index (χ1) is 14.3. The second-order valence-electron chi connectivity index (χ2n) is 6.60. The van der Waals surface area contributed by atoms with Crippen molar-refractivity contribution in [2.24, 2.45) is 0 Å². The number of hydrogen-bond acceptors (Lipinski definition) is 8. The molecule has 1 aliphatic rings. The van der Waals surface area contributed by atoms with Gasteiger partial charge in [0.2, 0.25) is 0 Å². The summed E-state index contributed by atoms with van der Waals surface area (Å²) in [6, 6.07) is 11.7. The maximum Gasteiger partial charge on any atom is 0.188 e. The average Bonchev–Trinajstić information content (AvgIpc) is 2.78. The Balaban J connectivity index is 1.82. The van der Waals surface area contributed by atoms with Crippen LogP contribution in [0.5, 0.6) is 5.75 Å². The minimum absolute atomic E-state index is 0.169. The second kappa shape index (κ2) is 8.82. The van der Waals surface area contributed by atoms with Crippen LogP contribution in [0.3, 0.4) is 0 Å². The summed E-state index contributed by atoms with van der Waals surface area (Å²) in [7, 11) is 1.58. The van der Waals surface area contributed by atoms with E-state index in [2.05, 4.69) is 16.0 Å². The molecule has 0 bridgehead atoms. The van der Waals surface area contributed by atoms with Gasteiger partial charge in [0.15, 0.2) is 18.4 Å². The van der Waals surface area contributed by atoms with Crippen LogP contribution in [0, 0.1) is 11.3 Å². The molecule has 0 N–H and O–H groups in total. The molecule has 1 saturated heterocycles. The van der Waals surface area contributed by atoms with Crippen LogP contribution in [0.4, 0.5) is 5.82 Å². The van der Waals surface area contributed by atoms with Crippen molar-refractivity contribution in [3.63, 3.8) is 0 Å². The molecule has 29 heavy (non-hydrogen) atoms. The number of pyridine rings is 1. The van der Waals surface area contributed by atoms with Crippen LogP contribution in [-0.2, 0) is 15.9 Å². The number of ether oxygens (including phenoxy) is 3. The molecular weight excluding hydrogens is 370 g/mol. The predicted octanol–water partition coefficient (Wildman–Crippen LogP) is 2.58. The Bertz CT molecular complexity index is 1040. The van der Waals surface area contributed by atoms with Gasteiger partial charge in [0.1, 0.15) is 11.3 Å². The third-order valence-corrected chi connectivity index (χ3v) is 4.60. The summed E-state index contributed by atoms with van der Waals surface area (Å²) in [5, 5.41) is 9.03. The van der Waals surface area contributed by atoms with Gasteiger partial charge in [-0.3, -0.25) is 4.98 Å². The third kappa shape index (κ3) is 4.26. The van der Waals surface area contributed by atoms with Crippen molar-refractivity contribution in [2.75, 3.05) is 45.1 Å². The summed E-state index contributed by atoms with van der Waals surface area (Å²) >= 11 is 0. The van der Waals surface area contributed by atoms with E-state index in [-0.39, 0.29) is 13.2 Å². The van der Waals surface area contributed by atoms with E-state index in [1.165, 1.54) is 0 Å². The van der Waals surface area contributed by atoms with E-state index >= 15 is 0 Å². The number of anilines is 1. The van der Waals surface area contributed by atoms with Crippen molar-refractivity contribution in [3.8, 4) is 23.2 Å². The molecular formula is C21H21N5O3. The minimum atomic E-state index is 0.169. The number of hydrogen-bond donors (Lipinski definition) is 0. The van der Waals surface area contributed by atoms with E-state index in [0.717, 1.165) is 35.6 Å². The van der Waals surface area contributed by atoms with Gasteiger partial charge in [-0.15, -0.1) is 0 Å². The molecule has 0 atom stereocenters. The van der Waals surface area contributed by atoms with Crippen molar-refractivity contribution in [1.82, 2.24) is 15.0 Å². The van der Waals surface area contributed by atoms with Crippen molar-refractivity contribution >= 4 is 16.9 Å². The number of methoxy groups -OCH3 is 1. The molecule has 8 heteroatoms. The molecule has 0 spiro atoms. The van der Waals surface area contributed by atoms with Gasteiger partial charge in [-0.05, 0) is 23.8 Å². The van der Waals surface area contributed by atoms with E-state index in [1.807, 2.05) is 30.3 Å². The summed E-state index contributed by atoms with van der Waals surface area (Å²) < 4.78 is 16.0. The monoisotopic (exact) mass is 391 g/mol. The van der Waals surface area contributed by atoms with Gasteiger partial charge in [-0.25, -0.2) is 9.97 Å². The average molecular weight is 391 g/mol. The van der Waals surface area contributed by atoms with Crippen LogP contribution in [0.1, 0.15) is 5.56 Å². The number of nitrogens with zero attached hydrogens (tertiary/aromatic N) is 5. The smallest absolute Gasteiger partial charge is 0.188 e. The molecule has 4 rings (SSSR count). The lowest BCUT2D eigenvalue weighted by atomic mass is 10.1. The number of benzene rings is 1. The molecule has 0 radical (unpaired) electrons. The standard InChI is InChI=1S/C21H21N5O3/c1-27-14-29-17-4-2-3-16(12-17)20-24-18-11-15(5-6-22)13-23-19(18)21(25-20)26-7-9-28-10-8-26/h2-4,11-13H,5,7-10,14H2,1H3. The zero-order valence-electron chi connectivity index (χ0n) is 16.2. The number of aromatic nitrogens is 3. The number of fused-ring (bicyclic) bond motifs is 1. The van der Waals surface area contributed by atoms with Gasteiger partial charge in [0.05, 0.1) is 31.2 Å². The summed E-state index contributed by atoms with van der Waals surface area (Å²) in [4.78, 5) is 16.3. The van der Waals surface area contributed by atoms with Crippen molar-refractivity contribution in [3.05, 3.63) is 42.1 Å². The molecule has 148 valence electrons. The van der Waals surface area contributed by atoms with Crippen LogP contribution >= 0.6 is 0 Å². The van der Waals surface area contributed by atoms with E-state index in [4.69, 9.17) is 29.4 Å². The molecule has 2 aromatic heterocycles. The highest BCUT2D eigenvalue weighted by Gasteiger charge is 2.19. The zero-order valence-corrected chi connectivity index (χ0v) is 16.2. The lowest BCUT2D eigenvalue weighted by molar-refractivity contribution is 0.0511. The summed E-state index contributed by atoms with van der Waals surface area (Å²) in [5.74, 6) is 2.04. The van der Waals surface area contributed by atoms with Crippen LogP contribution < -0.4 is 9.64 Å². The fraction of sp³-hybridized carbons (Fsp3) is 0.333. The molecule has 0 unspecified atom stereocenters. The lowest BCUT2D eigenvalue weighted by Gasteiger charge is -2.28. The van der Waals surface area contributed by atoms with Gasteiger partial charge >= 0.3 is 0 Å². The maximum absolute atomic E-state index is 9.03. The minimum Gasteiger partial charge on any atom is -0.468 e. The molecule has 0 amide bonds. The quantitative estimate of drug-likeness (QED) is 0.592. The molecule has 8 nitrogen and oxygen atoms in total. The number of morpholine rings is 1. The SMILES string of the molecule is COCOc1cccc(-c2nc(N3CCOCC3)c3ncc(CC#N)cc3n2)c1. The molecule has 3 heterocycles. The third-order valence-electron chi connectivity index (χ3n) is 4.60. The zero-order chi connectivity index (χ0) is 20.1. The van der Waals surface area contributed by atoms with Crippen LogP contribution in [0.15, 0.2) is 36.5 Å². The molecule has 1 aromatic carbocycles. The van der Waals surface area contributed by atoms with Crippen LogP contribution in [0.25, 0.3) is 22.4 Å². The molecule has 3 aromatic rings. The fourth-order valence-electron chi connectivity index (χ4n) is 3.21. The Kier molecular flexibility index (Phi) is 5.79. The normalized spacial score (nSPS) is 14.0.